The highest BCUT2D eigenvalue weighted by Crippen LogP contribution is 2.58. The van der Waals surface area contributed by atoms with Crippen molar-refractivity contribution in [2.75, 3.05) is 5.32 Å². The van der Waals surface area contributed by atoms with Gasteiger partial charge in [-0.3, -0.25) is 4.18 Å². The highest BCUT2D eigenvalue weighted by atomic mass is 35.5. The van der Waals surface area contributed by atoms with Crippen LogP contribution in [0.5, 0.6) is 0 Å². The lowest BCUT2D eigenvalue weighted by molar-refractivity contribution is -0.0205. The van der Waals surface area contributed by atoms with E-state index in [-0.39, 0.29) is 6.42 Å². The maximum Gasteiger partial charge on any atom is 0.333 e. The minimum atomic E-state index is -4.23. The van der Waals surface area contributed by atoms with Gasteiger partial charge >= 0.3 is 10.3 Å². The van der Waals surface area contributed by atoms with Gasteiger partial charge in [-0.05, 0) is 30.7 Å². The summed E-state index contributed by atoms with van der Waals surface area (Å²) >= 11 is 6.16. The van der Waals surface area contributed by atoms with Crippen LogP contribution in [-0.2, 0) is 14.5 Å². The molecule has 6 N–H and O–H groups in total. The van der Waals surface area contributed by atoms with Crippen molar-refractivity contribution in [1.82, 2.24) is 19.6 Å². The Balaban J connectivity index is 1.29. The van der Waals surface area contributed by atoms with E-state index in [1.807, 2.05) is 24.4 Å². The van der Waals surface area contributed by atoms with Crippen molar-refractivity contribution in [3.05, 3.63) is 47.7 Å². The standard InChI is InChI=1S/C20H19ClN6O5S/c21-9-1-2-13-10(5-9)11(8-24-13)14-7-17-23-4-3-16(27(17)26-14)25-15-6-12-19(32-33(22,30)31)20(12,29)18(15)28/h1-5,7-8,12,15,18-19,24-25,28-29H,6H2,(H2,22,30,31)/t12-,15-,18+,19?,20-/m1/s1. The highest BCUT2D eigenvalue weighted by Gasteiger charge is 2.76. The first-order valence-electron chi connectivity index (χ1n) is 10.1. The molecule has 4 aromatic rings. The van der Waals surface area contributed by atoms with Crippen LogP contribution in [0.2, 0.25) is 5.02 Å². The number of H-pyrrole nitrogens is 1. The van der Waals surface area contributed by atoms with Crippen LogP contribution in [0.4, 0.5) is 5.82 Å². The van der Waals surface area contributed by atoms with Gasteiger partial charge in [0.1, 0.15) is 23.6 Å². The van der Waals surface area contributed by atoms with E-state index in [1.165, 1.54) is 0 Å². The smallest absolute Gasteiger partial charge is 0.333 e. The van der Waals surface area contributed by atoms with Crippen LogP contribution in [-0.4, -0.2) is 62.1 Å². The summed E-state index contributed by atoms with van der Waals surface area (Å²) in [6.07, 6.45) is 1.44. The van der Waals surface area contributed by atoms with Gasteiger partial charge in [-0.15, -0.1) is 0 Å². The molecule has 13 heteroatoms. The maximum absolute atomic E-state index is 11.2. The Labute approximate surface area is 192 Å². The predicted octanol–water partition coefficient (Wildman–Crippen LogP) is 1.03. The van der Waals surface area contributed by atoms with E-state index < -0.39 is 40.1 Å². The molecule has 0 radical (unpaired) electrons. The molecule has 1 aromatic carbocycles. The second kappa shape index (κ2) is 6.88. The summed E-state index contributed by atoms with van der Waals surface area (Å²) in [5, 5.41) is 35.7. The number of nitrogens with one attached hydrogen (secondary N) is 2. The first-order valence-corrected chi connectivity index (χ1v) is 12.0. The Morgan fingerprint density at radius 2 is 2.15 bits per heavy atom. The van der Waals surface area contributed by atoms with Crippen LogP contribution >= 0.6 is 11.6 Å². The molecule has 172 valence electrons. The fourth-order valence-corrected chi connectivity index (χ4v) is 5.66. The van der Waals surface area contributed by atoms with Crippen molar-refractivity contribution < 1.29 is 22.8 Å². The minimum Gasteiger partial charge on any atom is -0.388 e. The second-order valence-corrected chi connectivity index (χ2v) is 10.1. The van der Waals surface area contributed by atoms with Gasteiger partial charge in [0, 0.05) is 45.9 Å². The molecular formula is C20H19ClN6O5S. The summed E-state index contributed by atoms with van der Waals surface area (Å²) in [5.41, 5.74) is 1.38. The Hall–Kier alpha value is -2.74. The predicted molar refractivity (Wildman–Crippen MR) is 120 cm³/mol. The summed E-state index contributed by atoms with van der Waals surface area (Å²) in [4.78, 5) is 7.57. The number of aromatic amines is 1. The molecule has 2 saturated carbocycles. The number of aliphatic hydroxyl groups is 2. The molecule has 0 bridgehead atoms. The zero-order valence-corrected chi connectivity index (χ0v) is 18.5. The van der Waals surface area contributed by atoms with E-state index >= 15 is 0 Å². The first kappa shape index (κ1) is 20.8. The van der Waals surface area contributed by atoms with Crippen LogP contribution < -0.4 is 10.5 Å². The number of hydrogen-bond acceptors (Lipinski definition) is 8. The van der Waals surface area contributed by atoms with Crippen molar-refractivity contribution in [2.45, 2.75) is 30.3 Å². The molecule has 33 heavy (non-hydrogen) atoms. The van der Waals surface area contributed by atoms with E-state index in [4.69, 9.17) is 20.9 Å². The van der Waals surface area contributed by atoms with Crippen molar-refractivity contribution in [1.29, 1.82) is 0 Å². The lowest BCUT2D eigenvalue weighted by atomic mass is 10.1. The van der Waals surface area contributed by atoms with Gasteiger partial charge in [0.2, 0.25) is 0 Å². The minimum absolute atomic E-state index is 0.288. The van der Waals surface area contributed by atoms with Gasteiger partial charge in [0.15, 0.2) is 5.65 Å². The number of aromatic nitrogens is 4. The second-order valence-electron chi connectivity index (χ2n) is 8.46. The molecular weight excluding hydrogens is 472 g/mol. The molecule has 3 aromatic heterocycles. The number of fused-ring (bicyclic) bond motifs is 3. The van der Waals surface area contributed by atoms with Crippen molar-refractivity contribution >= 4 is 44.3 Å². The first-order chi connectivity index (χ1) is 15.6. The van der Waals surface area contributed by atoms with Crippen molar-refractivity contribution in [3.63, 3.8) is 0 Å². The molecule has 0 amide bonds. The lowest BCUT2D eigenvalue weighted by Gasteiger charge is -2.24. The Morgan fingerprint density at radius 3 is 2.88 bits per heavy atom. The maximum atomic E-state index is 11.2. The molecule has 3 heterocycles. The monoisotopic (exact) mass is 490 g/mol. The van der Waals surface area contributed by atoms with Gasteiger partial charge in [0.05, 0.1) is 11.7 Å². The number of nitrogens with two attached hydrogens (primary N) is 1. The van der Waals surface area contributed by atoms with Crippen LogP contribution in [0, 0.1) is 5.92 Å². The fourth-order valence-electron chi connectivity index (χ4n) is 4.91. The van der Waals surface area contributed by atoms with Crippen LogP contribution in [0.15, 0.2) is 42.7 Å². The number of aliphatic hydroxyl groups excluding tert-OH is 1. The molecule has 11 nitrogen and oxygen atoms in total. The largest absolute Gasteiger partial charge is 0.388 e. The van der Waals surface area contributed by atoms with Crippen LogP contribution in [0.3, 0.4) is 0 Å². The normalized spacial score (nSPS) is 29.0. The van der Waals surface area contributed by atoms with E-state index in [0.717, 1.165) is 16.5 Å². The van der Waals surface area contributed by atoms with Gasteiger partial charge in [0.25, 0.3) is 0 Å². The highest BCUT2D eigenvalue weighted by molar-refractivity contribution is 7.84. The molecule has 0 aliphatic heterocycles. The average molecular weight is 491 g/mol. The Kier molecular flexibility index (Phi) is 4.35. The third-order valence-corrected chi connectivity index (χ3v) is 7.23. The number of hydrogen-bond donors (Lipinski definition) is 5. The molecule has 0 spiro atoms. The van der Waals surface area contributed by atoms with E-state index in [0.29, 0.717) is 22.2 Å². The fraction of sp³-hybridized carbons (Fsp3) is 0.300. The third-order valence-electron chi connectivity index (χ3n) is 6.52. The zero-order chi connectivity index (χ0) is 23.1. The van der Waals surface area contributed by atoms with E-state index in [9.17, 15) is 18.6 Å². The van der Waals surface area contributed by atoms with Crippen LogP contribution in [0.1, 0.15) is 6.42 Å². The van der Waals surface area contributed by atoms with Crippen molar-refractivity contribution in [3.8, 4) is 11.3 Å². The average Bonchev–Trinajstić information content (AvgIpc) is 3.17. The number of nitrogens with zero attached hydrogens (tertiary/aromatic N) is 3. The Bertz CT molecular complexity index is 1520. The number of anilines is 1. The van der Waals surface area contributed by atoms with Crippen LogP contribution in [0.25, 0.3) is 27.8 Å². The quantitative estimate of drug-likeness (QED) is 0.276. The molecule has 6 rings (SSSR count). The van der Waals surface area contributed by atoms with Gasteiger partial charge < -0.3 is 20.5 Å². The lowest BCUT2D eigenvalue weighted by Crippen LogP contribution is -2.43. The van der Waals surface area contributed by atoms with E-state index in [1.54, 1.807) is 22.8 Å². The molecule has 0 saturated heterocycles. The summed E-state index contributed by atoms with van der Waals surface area (Å²) in [6.45, 7) is 0. The van der Waals surface area contributed by atoms with Gasteiger partial charge in [-0.1, -0.05) is 11.6 Å². The third kappa shape index (κ3) is 3.21. The molecule has 5 atom stereocenters. The molecule has 2 aliphatic carbocycles. The summed E-state index contributed by atoms with van der Waals surface area (Å²) in [7, 11) is -4.23. The molecule has 2 fully saturated rings. The number of benzene rings is 1. The summed E-state index contributed by atoms with van der Waals surface area (Å²) < 4.78 is 28.7. The topological polar surface area (TPSA) is 168 Å². The van der Waals surface area contributed by atoms with Gasteiger partial charge in [-0.2, -0.15) is 18.0 Å². The summed E-state index contributed by atoms with van der Waals surface area (Å²) in [5.74, 6) is 0.00629. The number of halogens is 1. The SMILES string of the molecule is NS(=O)(=O)OC1[C@H]2C[C@@H](Nc3ccnc4cc(-c5c[nH]c6ccc(Cl)cc56)nn34)[C@H](O)[C@@]12O. The molecule has 2 aliphatic rings. The Morgan fingerprint density at radius 1 is 1.33 bits per heavy atom. The number of rotatable bonds is 5. The van der Waals surface area contributed by atoms with Crippen molar-refractivity contribution in [2.24, 2.45) is 11.1 Å². The van der Waals surface area contributed by atoms with E-state index in [2.05, 4.69) is 20.4 Å². The zero-order valence-electron chi connectivity index (χ0n) is 16.9. The van der Waals surface area contributed by atoms with Gasteiger partial charge in [-0.25, -0.2) is 10.1 Å². The molecule has 1 unspecified atom stereocenters. The summed E-state index contributed by atoms with van der Waals surface area (Å²) in [6, 6.07) is 8.55.